The number of hydrogen-bond donors (Lipinski definition) is 1. The van der Waals surface area contributed by atoms with E-state index in [1.807, 2.05) is 0 Å². The van der Waals surface area contributed by atoms with Gasteiger partial charge in [-0.05, 0) is 31.2 Å². The van der Waals surface area contributed by atoms with Crippen LogP contribution < -0.4 is 5.32 Å². The number of urea groups is 1. The van der Waals surface area contributed by atoms with Crippen LogP contribution in [0.15, 0.2) is 36.9 Å². The zero-order chi connectivity index (χ0) is 15.0. The van der Waals surface area contributed by atoms with Crippen molar-refractivity contribution in [2.45, 2.75) is 6.92 Å². The summed E-state index contributed by atoms with van der Waals surface area (Å²) in [6.07, 6.45) is 1.54. The van der Waals surface area contributed by atoms with Crippen LogP contribution in [0.2, 0.25) is 5.02 Å². The SMILES string of the molecule is C=CCN(CC(=O)OCC)C(=O)Nc1ccc(Cl)cc1. The average Bonchev–Trinajstić information content (AvgIpc) is 2.41. The molecule has 0 aliphatic rings. The van der Waals surface area contributed by atoms with Gasteiger partial charge in [-0.2, -0.15) is 0 Å². The topological polar surface area (TPSA) is 58.6 Å². The Hall–Kier alpha value is -2.01. The van der Waals surface area contributed by atoms with Crippen LogP contribution in [0.5, 0.6) is 0 Å². The van der Waals surface area contributed by atoms with Gasteiger partial charge in [0.1, 0.15) is 6.54 Å². The van der Waals surface area contributed by atoms with Crippen molar-refractivity contribution in [3.63, 3.8) is 0 Å². The highest BCUT2D eigenvalue weighted by Gasteiger charge is 2.16. The molecule has 1 rings (SSSR count). The molecule has 1 N–H and O–H groups in total. The van der Waals surface area contributed by atoms with Crippen LogP contribution >= 0.6 is 11.6 Å². The molecule has 0 aliphatic heterocycles. The lowest BCUT2D eigenvalue weighted by Gasteiger charge is -2.20. The Morgan fingerprint density at radius 3 is 2.60 bits per heavy atom. The Bertz CT molecular complexity index is 474. The number of rotatable bonds is 6. The van der Waals surface area contributed by atoms with Gasteiger partial charge < -0.3 is 15.0 Å². The van der Waals surface area contributed by atoms with Crippen molar-refractivity contribution in [2.24, 2.45) is 0 Å². The number of esters is 1. The maximum Gasteiger partial charge on any atom is 0.325 e. The monoisotopic (exact) mass is 296 g/mol. The van der Waals surface area contributed by atoms with Crippen molar-refractivity contribution < 1.29 is 14.3 Å². The Labute approximate surface area is 123 Å². The number of amides is 2. The molecule has 2 amide bonds. The molecule has 0 aromatic heterocycles. The molecule has 0 bridgehead atoms. The first-order valence-electron chi connectivity index (χ1n) is 6.14. The molecule has 0 saturated carbocycles. The predicted octanol–water partition coefficient (Wildman–Crippen LogP) is 2.92. The van der Waals surface area contributed by atoms with E-state index >= 15 is 0 Å². The molecule has 0 heterocycles. The fourth-order valence-electron chi connectivity index (χ4n) is 1.47. The van der Waals surface area contributed by atoms with Crippen LogP contribution in [0.4, 0.5) is 10.5 Å². The van der Waals surface area contributed by atoms with Crippen molar-refractivity contribution >= 4 is 29.3 Å². The van der Waals surface area contributed by atoms with Gasteiger partial charge >= 0.3 is 12.0 Å². The number of carbonyl (C=O) groups excluding carboxylic acids is 2. The third kappa shape index (κ3) is 5.32. The Balaban J connectivity index is 2.65. The number of halogens is 1. The summed E-state index contributed by atoms with van der Waals surface area (Å²) in [5, 5.41) is 3.26. The lowest BCUT2D eigenvalue weighted by Crippen LogP contribution is -2.39. The minimum Gasteiger partial charge on any atom is -0.465 e. The van der Waals surface area contributed by atoms with Crippen LogP contribution in [-0.4, -0.2) is 36.6 Å². The molecule has 0 fully saturated rings. The molecule has 0 aliphatic carbocycles. The predicted molar refractivity (Wildman–Crippen MR) is 78.9 cm³/mol. The largest absolute Gasteiger partial charge is 0.465 e. The highest BCUT2D eigenvalue weighted by molar-refractivity contribution is 6.30. The van der Waals surface area contributed by atoms with E-state index in [9.17, 15) is 9.59 Å². The molecule has 5 nitrogen and oxygen atoms in total. The summed E-state index contributed by atoms with van der Waals surface area (Å²) < 4.78 is 4.82. The van der Waals surface area contributed by atoms with Crippen molar-refractivity contribution in [2.75, 3.05) is 25.0 Å². The van der Waals surface area contributed by atoms with E-state index in [1.165, 1.54) is 4.90 Å². The first-order valence-corrected chi connectivity index (χ1v) is 6.52. The molecule has 0 radical (unpaired) electrons. The van der Waals surface area contributed by atoms with Crippen molar-refractivity contribution in [1.82, 2.24) is 4.90 Å². The first-order chi connectivity index (χ1) is 9.56. The highest BCUT2D eigenvalue weighted by Crippen LogP contribution is 2.13. The van der Waals surface area contributed by atoms with Gasteiger partial charge in [0.05, 0.1) is 6.61 Å². The summed E-state index contributed by atoms with van der Waals surface area (Å²) in [4.78, 5) is 24.8. The van der Waals surface area contributed by atoms with Crippen LogP contribution in [0.3, 0.4) is 0 Å². The van der Waals surface area contributed by atoms with Gasteiger partial charge in [0.25, 0.3) is 0 Å². The lowest BCUT2D eigenvalue weighted by atomic mass is 10.3. The number of carbonyl (C=O) groups is 2. The molecule has 0 spiro atoms. The van der Waals surface area contributed by atoms with Gasteiger partial charge in [-0.3, -0.25) is 4.79 Å². The van der Waals surface area contributed by atoms with Crippen molar-refractivity contribution in [3.8, 4) is 0 Å². The van der Waals surface area contributed by atoms with Crippen LogP contribution in [0, 0.1) is 0 Å². The van der Waals surface area contributed by atoms with E-state index < -0.39 is 12.0 Å². The molecule has 20 heavy (non-hydrogen) atoms. The summed E-state index contributed by atoms with van der Waals surface area (Å²) in [6, 6.07) is 6.29. The van der Waals surface area contributed by atoms with E-state index in [1.54, 1.807) is 37.3 Å². The van der Waals surface area contributed by atoms with Crippen molar-refractivity contribution in [3.05, 3.63) is 41.9 Å². The van der Waals surface area contributed by atoms with Crippen LogP contribution in [0.25, 0.3) is 0 Å². The fourth-order valence-corrected chi connectivity index (χ4v) is 1.60. The van der Waals surface area contributed by atoms with Gasteiger partial charge in [0, 0.05) is 17.3 Å². The number of nitrogens with one attached hydrogen (secondary N) is 1. The lowest BCUT2D eigenvalue weighted by molar-refractivity contribution is -0.143. The summed E-state index contributed by atoms with van der Waals surface area (Å²) in [6.45, 7) is 5.68. The zero-order valence-corrected chi connectivity index (χ0v) is 12.0. The Morgan fingerprint density at radius 2 is 2.05 bits per heavy atom. The van der Waals surface area contributed by atoms with E-state index in [0.29, 0.717) is 10.7 Å². The minimum absolute atomic E-state index is 0.126. The van der Waals surface area contributed by atoms with Crippen LogP contribution in [0.1, 0.15) is 6.92 Å². The molecule has 0 unspecified atom stereocenters. The second-order valence-electron chi connectivity index (χ2n) is 3.91. The normalized spacial score (nSPS) is 9.70. The maximum absolute atomic E-state index is 12.1. The third-order valence-electron chi connectivity index (χ3n) is 2.36. The van der Waals surface area contributed by atoms with Gasteiger partial charge in [-0.1, -0.05) is 17.7 Å². The smallest absolute Gasteiger partial charge is 0.325 e. The summed E-state index contributed by atoms with van der Waals surface area (Å²) in [7, 11) is 0. The number of anilines is 1. The number of ether oxygens (including phenoxy) is 1. The molecule has 108 valence electrons. The number of benzene rings is 1. The minimum atomic E-state index is -0.458. The van der Waals surface area contributed by atoms with Crippen LogP contribution in [-0.2, 0) is 9.53 Å². The third-order valence-corrected chi connectivity index (χ3v) is 2.61. The Kier molecular flexibility index (Phi) is 6.59. The number of nitrogens with zero attached hydrogens (tertiary/aromatic N) is 1. The van der Waals surface area contributed by atoms with E-state index in [4.69, 9.17) is 16.3 Å². The average molecular weight is 297 g/mol. The zero-order valence-electron chi connectivity index (χ0n) is 11.3. The summed E-state index contributed by atoms with van der Waals surface area (Å²) in [5.41, 5.74) is 0.595. The summed E-state index contributed by atoms with van der Waals surface area (Å²) >= 11 is 5.77. The van der Waals surface area contributed by atoms with Gasteiger partial charge in [0.2, 0.25) is 0 Å². The standard InChI is InChI=1S/C14H17ClN2O3/c1-3-9-17(10-13(18)20-4-2)14(19)16-12-7-5-11(15)6-8-12/h3,5-8H,1,4,9-10H2,2H3,(H,16,19). The molecule has 6 heteroatoms. The second kappa shape index (κ2) is 8.22. The van der Waals surface area contributed by atoms with Gasteiger partial charge in [-0.15, -0.1) is 6.58 Å². The molecule has 0 atom stereocenters. The molecule has 0 saturated heterocycles. The molecule has 1 aromatic rings. The first kappa shape index (κ1) is 16.0. The van der Waals surface area contributed by atoms with E-state index in [2.05, 4.69) is 11.9 Å². The highest BCUT2D eigenvalue weighted by atomic mass is 35.5. The molecule has 1 aromatic carbocycles. The van der Waals surface area contributed by atoms with Gasteiger partial charge in [-0.25, -0.2) is 4.79 Å². The maximum atomic E-state index is 12.1. The fraction of sp³-hybridized carbons (Fsp3) is 0.286. The van der Waals surface area contributed by atoms with E-state index in [0.717, 1.165) is 0 Å². The summed E-state index contributed by atoms with van der Waals surface area (Å²) in [5.74, 6) is -0.458. The van der Waals surface area contributed by atoms with Gasteiger partial charge in [0.15, 0.2) is 0 Å². The molecular formula is C14H17ClN2O3. The number of hydrogen-bond acceptors (Lipinski definition) is 3. The van der Waals surface area contributed by atoms with E-state index in [-0.39, 0.29) is 19.7 Å². The molecular weight excluding hydrogens is 280 g/mol. The van der Waals surface area contributed by atoms with Crippen molar-refractivity contribution in [1.29, 1.82) is 0 Å². The quantitative estimate of drug-likeness (QED) is 0.648. The second-order valence-corrected chi connectivity index (χ2v) is 4.35. The Morgan fingerprint density at radius 1 is 1.40 bits per heavy atom.